The number of benzene rings is 1. The Balaban J connectivity index is 2.20. The molecule has 21 heavy (non-hydrogen) atoms. The van der Waals surface area contributed by atoms with Gasteiger partial charge in [-0.3, -0.25) is 5.32 Å². The Morgan fingerprint density at radius 3 is 2.48 bits per heavy atom. The lowest BCUT2D eigenvalue weighted by molar-refractivity contribution is 0.0697. The van der Waals surface area contributed by atoms with Crippen molar-refractivity contribution in [3.05, 3.63) is 35.2 Å². The molecule has 0 bridgehead atoms. The number of aryl methyl sites for hydroxylation is 1. The van der Waals surface area contributed by atoms with E-state index in [4.69, 9.17) is 5.11 Å². The van der Waals surface area contributed by atoms with E-state index in [-0.39, 0.29) is 10.8 Å². The number of carbonyl (C=O) groups excluding carboxylic acids is 1. The molecule has 0 saturated carbocycles. The summed E-state index contributed by atoms with van der Waals surface area (Å²) < 4.78 is 30.0. The maximum atomic E-state index is 13.1. The van der Waals surface area contributed by atoms with Gasteiger partial charge in [-0.05, 0) is 13.0 Å². The zero-order chi connectivity index (χ0) is 15.6. The Labute approximate surface area is 120 Å². The Kier molecular flexibility index (Phi) is 4.08. The van der Waals surface area contributed by atoms with E-state index >= 15 is 0 Å². The van der Waals surface area contributed by atoms with Gasteiger partial charge in [-0.15, -0.1) is 0 Å². The Hall–Kier alpha value is -2.62. The SMILES string of the molecule is Cc1nsc(NC(=O)Nc2cc(F)c(F)cc2C(=O)O)n1. The van der Waals surface area contributed by atoms with Gasteiger partial charge in [0.05, 0.1) is 11.3 Å². The molecule has 2 amide bonds. The van der Waals surface area contributed by atoms with Crippen molar-refractivity contribution in [1.82, 2.24) is 9.36 Å². The minimum atomic E-state index is -1.50. The lowest BCUT2D eigenvalue weighted by atomic mass is 10.1. The van der Waals surface area contributed by atoms with Gasteiger partial charge in [-0.1, -0.05) is 0 Å². The molecule has 0 unspecified atom stereocenters. The molecule has 2 aromatic rings. The molecule has 0 radical (unpaired) electrons. The van der Waals surface area contributed by atoms with Crippen LogP contribution < -0.4 is 10.6 Å². The molecule has 0 aliphatic rings. The van der Waals surface area contributed by atoms with Gasteiger partial charge in [0.15, 0.2) is 11.6 Å². The number of hydrogen-bond donors (Lipinski definition) is 3. The highest BCUT2D eigenvalue weighted by Gasteiger charge is 2.17. The van der Waals surface area contributed by atoms with E-state index in [1.165, 1.54) is 0 Å². The lowest BCUT2D eigenvalue weighted by Gasteiger charge is -2.09. The van der Waals surface area contributed by atoms with Crippen LogP contribution in [0.1, 0.15) is 16.2 Å². The van der Waals surface area contributed by atoms with E-state index < -0.39 is 29.2 Å². The van der Waals surface area contributed by atoms with Gasteiger partial charge in [0.25, 0.3) is 0 Å². The monoisotopic (exact) mass is 314 g/mol. The highest BCUT2D eigenvalue weighted by Crippen LogP contribution is 2.21. The summed E-state index contributed by atoms with van der Waals surface area (Å²) in [6.07, 6.45) is 0. The van der Waals surface area contributed by atoms with E-state index in [9.17, 15) is 18.4 Å². The number of carboxylic acid groups (broad SMARTS) is 1. The second-order valence-electron chi connectivity index (χ2n) is 3.84. The summed E-state index contributed by atoms with van der Waals surface area (Å²) in [4.78, 5) is 26.5. The molecule has 0 aliphatic carbocycles. The van der Waals surface area contributed by atoms with Gasteiger partial charge >= 0.3 is 12.0 Å². The van der Waals surface area contributed by atoms with Crippen LogP contribution in [0.2, 0.25) is 0 Å². The fourth-order valence-electron chi connectivity index (χ4n) is 1.43. The average molecular weight is 314 g/mol. The van der Waals surface area contributed by atoms with E-state index in [0.29, 0.717) is 18.0 Å². The summed E-state index contributed by atoms with van der Waals surface area (Å²) in [5, 5.41) is 13.5. The number of rotatable bonds is 3. The van der Waals surface area contributed by atoms with Crippen molar-refractivity contribution >= 4 is 34.4 Å². The zero-order valence-corrected chi connectivity index (χ0v) is 11.3. The summed E-state index contributed by atoms with van der Waals surface area (Å²) in [7, 11) is 0. The van der Waals surface area contributed by atoms with Gasteiger partial charge < -0.3 is 10.4 Å². The van der Waals surface area contributed by atoms with E-state index in [2.05, 4.69) is 20.0 Å². The number of aromatic nitrogens is 2. The van der Waals surface area contributed by atoms with Gasteiger partial charge in [-0.25, -0.2) is 23.4 Å². The number of amides is 2. The van der Waals surface area contributed by atoms with Crippen LogP contribution in [0.25, 0.3) is 0 Å². The maximum Gasteiger partial charge on any atom is 0.337 e. The molecule has 0 atom stereocenters. The molecule has 0 aliphatic heterocycles. The van der Waals surface area contributed by atoms with Crippen LogP contribution in [-0.4, -0.2) is 26.5 Å². The minimum Gasteiger partial charge on any atom is -0.478 e. The van der Waals surface area contributed by atoms with Crippen LogP contribution in [0.4, 0.5) is 24.4 Å². The first-order valence-corrected chi connectivity index (χ1v) is 6.25. The highest BCUT2D eigenvalue weighted by molar-refractivity contribution is 7.09. The van der Waals surface area contributed by atoms with Crippen molar-refractivity contribution < 1.29 is 23.5 Å². The fraction of sp³-hybridized carbons (Fsp3) is 0.0909. The number of anilines is 2. The number of halogens is 2. The molecular weight excluding hydrogens is 306 g/mol. The van der Waals surface area contributed by atoms with E-state index in [0.717, 1.165) is 11.5 Å². The molecule has 3 N–H and O–H groups in total. The topological polar surface area (TPSA) is 104 Å². The summed E-state index contributed by atoms with van der Waals surface area (Å²) in [5.41, 5.74) is -0.947. The largest absolute Gasteiger partial charge is 0.478 e. The van der Waals surface area contributed by atoms with E-state index in [1.54, 1.807) is 6.92 Å². The second kappa shape index (κ2) is 5.79. The van der Waals surface area contributed by atoms with Crippen molar-refractivity contribution in [2.75, 3.05) is 10.6 Å². The Morgan fingerprint density at radius 1 is 1.24 bits per heavy atom. The summed E-state index contributed by atoms with van der Waals surface area (Å²) in [6, 6.07) is 0.228. The van der Waals surface area contributed by atoms with Gasteiger partial charge in [0.1, 0.15) is 5.82 Å². The van der Waals surface area contributed by atoms with Crippen molar-refractivity contribution in [2.45, 2.75) is 6.92 Å². The number of hydrogen-bond acceptors (Lipinski definition) is 5. The lowest BCUT2D eigenvalue weighted by Crippen LogP contribution is -2.21. The molecule has 7 nitrogen and oxygen atoms in total. The number of nitrogens with zero attached hydrogens (tertiary/aromatic N) is 2. The first-order valence-electron chi connectivity index (χ1n) is 5.47. The van der Waals surface area contributed by atoms with Crippen molar-refractivity contribution in [1.29, 1.82) is 0 Å². The van der Waals surface area contributed by atoms with Crippen molar-refractivity contribution in [3.63, 3.8) is 0 Å². The van der Waals surface area contributed by atoms with Gasteiger partial charge in [0.2, 0.25) is 5.13 Å². The normalized spacial score (nSPS) is 10.2. The number of aromatic carboxylic acids is 1. The van der Waals surface area contributed by atoms with Crippen LogP contribution in [0.5, 0.6) is 0 Å². The van der Waals surface area contributed by atoms with Gasteiger partial charge in [0, 0.05) is 17.6 Å². The molecule has 1 aromatic carbocycles. The molecular formula is C11H8F2N4O3S. The third-order valence-corrected chi connectivity index (χ3v) is 3.01. The summed E-state index contributed by atoms with van der Waals surface area (Å²) >= 11 is 0.921. The van der Waals surface area contributed by atoms with E-state index in [1.807, 2.05) is 0 Å². The summed E-state index contributed by atoms with van der Waals surface area (Å²) in [5.74, 6) is -3.65. The molecule has 1 heterocycles. The smallest absolute Gasteiger partial charge is 0.337 e. The maximum absolute atomic E-state index is 13.1. The van der Waals surface area contributed by atoms with Crippen molar-refractivity contribution in [3.8, 4) is 0 Å². The quantitative estimate of drug-likeness (QED) is 0.807. The summed E-state index contributed by atoms with van der Waals surface area (Å²) in [6.45, 7) is 1.62. The van der Waals surface area contributed by atoms with Crippen LogP contribution in [0.3, 0.4) is 0 Å². The number of carbonyl (C=O) groups is 2. The predicted octanol–water partition coefficient (Wildman–Crippen LogP) is 2.47. The fourth-order valence-corrected chi connectivity index (χ4v) is 2.00. The third kappa shape index (κ3) is 3.48. The zero-order valence-electron chi connectivity index (χ0n) is 10.5. The Morgan fingerprint density at radius 2 is 1.90 bits per heavy atom. The van der Waals surface area contributed by atoms with Crippen LogP contribution in [0.15, 0.2) is 12.1 Å². The number of urea groups is 1. The molecule has 0 fully saturated rings. The first kappa shape index (κ1) is 14.8. The minimum absolute atomic E-state index is 0.185. The molecule has 0 saturated heterocycles. The molecule has 2 rings (SSSR count). The molecule has 10 heteroatoms. The van der Waals surface area contributed by atoms with Crippen molar-refractivity contribution in [2.24, 2.45) is 0 Å². The number of carboxylic acids is 1. The van der Waals surface area contributed by atoms with Crippen LogP contribution in [0, 0.1) is 18.6 Å². The molecule has 1 aromatic heterocycles. The first-order chi connectivity index (χ1) is 9.86. The highest BCUT2D eigenvalue weighted by atomic mass is 32.1. The van der Waals surface area contributed by atoms with Crippen LogP contribution in [-0.2, 0) is 0 Å². The standard InChI is InChI=1S/C11H8F2N4O3S/c1-4-14-11(21-17-4)16-10(20)15-8-3-7(13)6(12)2-5(8)9(18)19/h2-3H,1H3,(H,18,19)(H2,14,15,16,17,20). The Bertz CT molecular complexity index is 719. The van der Waals surface area contributed by atoms with Gasteiger partial charge in [-0.2, -0.15) is 4.37 Å². The predicted molar refractivity (Wildman–Crippen MR) is 70.6 cm³/mol. The third-order valence-electron chi connectivity index (χ3n) is 2.29. The second-order valence-corrected chi connectivity index (χ2v) is 4.59. The molecule has 0 spiro atoms. The average Bonchev–Trinajstić information content (AvgIpc) is 2.78. The number of nitrogens with one attached hydrogen (secondary N) is 2. The molecule has 110 valence electrons. The van der Waals surface area contributed by atoms with Crippen LogP contribution >= 0.6 is 11.5 Å².